The second-order valence-corrected chi connectivity index (χ2v) is 11.6. The van der Waals surface area contributed by atoms with Gasteiger partial charge in [0.05, 0.1) is 0 Å². The van der Waals surface area contributed by atoms with E-state index in [9.17, 15) is 14.4 Å². The van der Waals surface area contributed by atoms with Crippen molar-refractivity contribution in [1.82, 2.24) is 15.5 Å². The third-order valence-corrected chi connectivity index (χ3v) is 6.64. The van der Waals surface area contributed by atoms with Gasteiger partial charge in [0, 0.05) is 12.1 Å². The molecule has 0 radical (unpaired) electrons. The van der Waals surface area contributed by atoms with Gasteiger partial charge in [0.2, 0.25) is 11.8 Å². The fourth-order valence-electron chi connectivity index (χ4n) is 4.00. The lowest BCUT2D eigenvalue weighted by Crippen LogP contribution is -2.60. The Kier molecular flexibility index (Phi) is 11.5. The lowest BCUT2D eigenvalue weighted by Gasteiger charge is -2.45. The molecule has 1 rings (SSSR count). The number of unbranched alkanes of at least 4 members (excludes halogenated alkanes) is 1. The zero-order valence-electron chi connectivity index (χ0n) is 24.4. The van der Waals surface area contributed by atoms with E-state index in [2.05, 4.69) is 17.6 Å². The zero-order valence-corrected chi connectivity index (χ0v) is 24.4. The highest BCUT2D eigenvalue weighted by atomic mass is 16.6. The number of amides is 3. The normalized spacial score (nSPS) is 13.7. The zero-order chi connectivity index (χ0) is 27.8. The Labute approximate surface area is 218 Å². The van der Waals surface area contributed by atoms with Crippen LogP contribution in [0, 0.1) is 19.8 Å². The van der Waals surface area contributed by atoms with E-state index >= 15 is 0 Å². The SMILES string of the molecule is CCCCNC(=O)C(c1cccc(C)c1C)N(C(=O)C(NC(=O)OC(C)(C)C)C(C)C)C(C)(C)CC. The van der Waals surface area contributed by atoms with Crippen molar-refractivity contribution in [2.75, 3.05) is 6.54 Å². The van der Waals surface area contributed by atoms with Crippen LogP contribution in [0.1, 0.15) is 104 Å². The summed E-state index contributed by atoms with van der Waals surface area (Å²) in [6.07, 6.45) is 1.77. The molecule has 0 aliphatic heterocycles. The molecule has 204 valence electrons. The lowest BCUT2D eigenvalue weighted by molar-refractivity contribution is -0.150. The number of nitrogens with one attached hydrogen (secondary N) is 2. The summed E-state index contributed by atoms with van der Waals surface area (Å²) in [6, 6.07) is 4.14. The Morgan fingerprint density at radius 1 is 1.03 bits per heavy atom. The fourth-order valence-corrected chi connectivity index (χ4v) is 4.00. The summed E-state index contributed by atoms with van der Waals surface area (Å²) in [4.78, 5) is 42.5. The number of carbonyl (C=O) groups excluding carboxylic acids is 3. The first-order valence-electron chi connectivity index (χ1n) is 13.2. The third kappa shape index (κ3) is 8.52. The van der Waals surface area contributed by atoms with Crippen LogP contribution in [-0.2, 0) is 14.3 Å². The molecular formula is C29H49N3O4. The fraction of sp³-hybridized carbons (Fsp3) is 0.690. The molecule has 1 aromatic rings. The van der Waals surface area contributed by atoms with Crippen molar-refractivity contribution in [3.05, 3.63) is 34.9 Å². The summed E-state index contributed by atoms with van der Waals surface area (Å²) in [5.74, 6) is -0.742. The van der Waals surface area contributed by atoms with Gasteiger partial charge in [-0.2, -0.15) is 0 Å². The summed E-state index contributed by atoms with van der Waals surface area (Å²) in [5, 5.41) is 5.84. The number of hydrogen-bond acceptors (Lipinski definition) is 4. The maximum Gasteiger partial charge on any atom is 0.408 e. The van der Waals surface area contributed by atoms with Crippen molar-refractivity contribution in [2.45, 2.75) is 119 Å². The van der Waals surface area contributed by atoms with Crippen LogP contribution in [0.15, 0.2) is 18.2 Å². The predicted octanol–water partition coefficient (Wildman–Crippen LogP) is 5.83. The molecule has 0 saturated carbocycles. The third-order valence-electron chi connectivity index (χ3n) is 6.64. The minimum atomic E-state index is -0.860. The molecule has 36 heavy (non-hydrogen) atoms. The van der Waals surface area contributed by atoms with Crippen LogP contribution in [0.5, 0.6) is 0 Å². The monoisotopic (exact) mass is 503 g/mol. The molecule has 0 saturated heterocycles. The molecule has 3 amide bonds. The van der Waals surface area contributed by atoms with Gasteiger partial charge < -0.3 is 20.3 Å². The smallest absolute Gasteiger partial charge is 0.408 e. The quantitative estimate of drug-likeness (QED) is 0.372. The van der Waals surface area contributed by atoms with Crippen molar-refractivity contribution in [3.8, 4) is 0 Å². The number of ether oxygens (including phenoxy) is 1. The van der Waals surface area contributed by atoms with Gasteiger partial charge in [-0.3, -0.25) is 9.59 Å². The highest BCUT2D eigenvalue weighted by Gasteiger charge is 2.44. The maximum atomic E-state index is 14.3. The number of aryl methyl sites for hydroxylation is 1. The molecule has 7 nitrogen and oxygen atoms in total. The minimum absolute atomic E-state index is 0.216. The molecule has 0 fully saturated rings. The molecule has 0 aromatic heterocycles. The summed E-state index contributed by atoms with van der Waals surface area (Å²) in [5.41, 5.74) is 1.45. The van der Waals surface area contributed by atoms with E-state index in [1.807, 2.05) is 66.7 Å². The van der Waals surface area contributed by atoms with Gasteiger partial charge >= 0.3 is 6.09 Å². The number of rotatable bonds is 11. The van der Waals surface area contributed by atoms with Crippen LogP contribution in [0.25, 0.3) is 0 Å². The second-order valence-electron chi connectivity index (χ2n) is 11.6. The highest BCUT2D eigenvalue weighted by Crippen LogP contribution is 2.35. The number of benzene rings is 1. The number of hydrogen-bond donors (Lipinski definition) is 2. The van der Waals surface area contributed by atoms with Crippen LogP contribution in [0.4, 0.5) is 4.79 Å². The minimum Gasteiger partial charge on any atom is -0.444 e. The topological polar surface area (TPSA) is 87.7 Å². The summed E-state index contributed by atoms with van der Waals surface area (Å²) in [7, 11) is 0. The van der Waals surface area contributed by atoms with Gasteiger partial charge in [-0.15, -0.1) is 0 Å². The summed E-state index contributed by atoms with van der Waals surface area (Å²) >= 11 is 0. The number of nitrogens with zero attached hydrogens (tertiary/aromatic N) is 1. The molecule has 2 atom stereocenters. The van der Waals surface area contributed by atoms with Gasteiger partial charge in [0.1, 0.15) is 17.7 Å². The summed E-state index contributed by atoms with van der Waals surface area (Å²) < 4.78 is 5.45. The maximum absolute atomic E-state index is 14.3. The van der Waals surface area contributed by atoms with Crippen molar-refractivity contribution in [3.63, 3.8) is 0 Å². The van der Waals surface area contributed by atoms with Crippen molar-refractivity contribution >= 4 is 17.9 Å². The average molecular weight is 504 g/mol. The Balaban J connectivity index is 3.66. The molecule has 7 heteroatoms. The van der Waals surface area contributed by atoms with Gasteiger partial charge in [-0.05, 0) is 83.9 Å². The van der Waals surface area contributed by atoms with E-state index < -0.39 is 29.3 Å². The molecule has 0 bridgehead atoms. The first-order chi connectivity index (χ1) is 16.6. The van der Waals surface area contributed by atoms with E-state index in [0.717, 1.165) is 29.5 Å². The van der Waals surface area contributed by atoms with E-state index in [-0.39, 0.29) is 17.7 Å². The average Bonchev–Trinajstić information content (AvgIpc) is 2.76. The molecule has 2 unspecified atom stereocenters. The predicted molar refractivity (Wildman–Crippen MR) is 146 cm³/mol. The van der Waals surface area contributed by atoms with Gasteiger partial charge in [0.15, 0.2) is 0 Å². The molecule has 2 N–H and O–H groups in total. The van der Waals surface area contributed by atoms with Gasteiger partial charge in [-0.25, -0.2) is 4.79 Å². The first kappa shape index (κ1) is 31.5. The first-order valence-corrected chi connectivity index (χ1v) is 13.2. The molecule has 0 heterocycles. The van der Waals surface area contributed by atoms with Crippen molar-refractivity contribution in [1.29, 1.82) is 0 Å². The Morgan fingerprint density at radius 3 is 2.14 bits per heavy atom. The standard InChI is InChI=1S/C29H49N3O4/c1-12-14-18-30-25(33)24(22-17-15-16-20(5)21(22)6)32(29(10,11)13-2)26(34)23(19(3)4)31-27(35)36-28(7,8)9/h15-17,19,23-24H,12-14,18H2,1-11H3,(H,30,33)(H,31,35). The number of carbonyl (C=O) groups is 3. The molecule has 0 aliphatic carbocycles. The van der Waals surface area contributed by atoms with E-state index in [0.29, 0.717) is 13.0 Å². The Bertz CT molecular complexity index is 902. The van der Waals surface area contributed by atoms with Crippen molar-refractivity contribution in [2.24, 2.45) is 5.92 Å². The number of alkyl carbamates (subject to hydrolysis) is 1. The summed E-state index contributed by atoms with van der Waals surface area (Å²) in [6.45, 7) is 21.6. The molecule has 1 aromatic carbocycles. The van der Waals surface area contributed by atoms with Crippen molar-refractivity contribution < 1.29 is 19.1 Å². The molecule has 0 spiro atoms. The highest BCUT2D eigenvalue weighted by molar-refractivity contribution is 5.93. The second kappa shape index (κ2) is 13.1. The lowest BCUT2D eigenvalue weighted by atomic mass is 9.88. The van der Waals surface area contributed by atoms with Crippen LogP contribution in [-0.4, -0.2) is 46.5 Å². The van der Waals surface area contributed by atoms with Gasteiger partial charge in [0.25, 0.3) is 0 Å². The Morgan fingerprint density at radius 2 is 1.64 bits per heavy atom. The van der Waals surface area contributed by atoms with Crippen LogP contribution >= 0.6 is 0 Å². The largest absolute Gasteiger partial charge is 0.444 e. The van der Waals surface area contributed by atoms with E-state index in [1.54, 1.807) is 25.7 Å². The van der Waals surface area contributed by atoms with E-state index in [4.69, 9.17) is 4.74 Å². The molecular weight excluding hydrogens is 454 g/mol. The van der Waals surface area contributed by atoms with E-state index in [1.165, 1.54) is 0 Å². The van der Waals surface area contributed by atoms with Crippen LogP contribution in [0.3, 0.4) is 0 Å². The molecule has 0 aliphatic rings. The Hall–Kier alpha value is -2.57. The van der Waals surface area contributed by atoms with Gasteiger partial charge in [-0.1, -0.05) is 52.3 Å². The van der Waals surface area contributed by atoms with Crippen LogP contribution in [0.2, 0.25) is 0 Å². The van der Waals surface area contributed by atoms with Crippen LogP contribution < -0.4 is 10.6 Å².